The smallest absolute Gasteiger partial charge is 0.126 e. The molecule has 0 radical (unpaired) electrons. The van der Waals surface area contributed by atoms with E-state index in [1.54, 1.807) is 7.11 Å². The largest absolute Gasteiger partial charge is 0.496 e. The Labute approximate surface area is 140 Å². The van der Waals surface area contributed by atoms with Gasteiger partial charge in [-0.3, -0.25) is 0 Å². The van der Waals surface area contributed by atoms with Crippen molar-refractivity contribution in [1.82, 2.24) is 4.90 Å². The fourth-order valence-corrected chi connectivity index (χ4v) is 3.70. The third-order valence-corrected chi connectivity index (χ3v) is 5.08. The summed E-state index contributed by atoms with van der Waals surface area (Å²) < 4.78 is 5.56. The Morgan fingerprint density at radius 2 is 1.74 bits per heavy atom. The van der Waals surface area contributed by atoms with Crippen LogP contribution in [0.15, 0.2) is 48.5 Å². The summed E-state index contributed by atoms with van der Waals surface area (Å²) in [6.07, 6.45) is 6.44. The Hall–Kier alpha value is -1.80. The minimum absolute atomic E-state index is 0.731. The number of hydrogen-bond donors (Lipinski definition) is 0. The minimum Gasteiger partial charge on any atom is -0.496 e. The predicted octanol–water partition coefficient (Wildman–Crippen LogP) is 4.78. The van der Waals surface area contributed by atoms with E-state index in [0.717, 1.165) is 18.2 Å². The van der Waals surface area contributed by atoms with Gasteiger partial charge in [0, 0.05) is 11.6 Å². The first-order valence-corrected chi connectivity index (χ1v) is 8.71. The average Bonchev–Trinajstić information content (AvgIpc) is 2.61. The van der Waals surface area contributed by atoms with E-state index in [2.05, 4.69) is 48.3 Å². The molecular weight excluding hydrogens is 282 g/mol. The van der Waals surface area contributed by atoms with Gasteiger partial charge in [0.1, 0.15) is 5.75 Å². The van der Waals surface area contributed by atoms with Crippen LogP contribution in [0.25, 0.3) is 11.1 Å². The second-order valence-electron chi connectivity index (χ2n) is 6.53. The molecule has 3 rings (SSSR count). The summed E-state index contributed by atoms with van der Waals surface area (Å²) in [5.41, 5.74) is 3.93. The first kappa shape index (κ1) is 16.1. The lowest BCUT2D eigenvalue weighted by Gasteiger charge is -2.32. The highest BCUT2D eigenvalue weighted by molar-refractivity contribution is 5.73. The van der Waals surface area contributed by atoms with E-state index in [1.165, 1.54) is 48.9 Å². The van der Waals surface area contributed by atoms with Gasteiger partial charge in [-0.25, -0.2) is 0 Å². The number of piperidine rings is 1. The topological polar surface area (TPSA) is 12.5 Å². The van der Waals surface area contributed by atoms with E-state index in [4.69, 9.17) is 4.74 Å². The van der Waals surface area contributed by atoms with Gasteiger partial charge in [0.05, 0.1) is 7.11 Å². The second kappa shape index (κ2) is 7.65. The molecule has 122 valence electrons. The van der Waals surface area contributed by atoms with Gasteiger partial charge in [-0.15, -0.1) is 0 Å². The minimum atomic E-state index is 0.731. The van der Waals surface area contributed by atoms with Crippen LogP contribution in [0.2, 0.25) is 0 Å². The Bertz CT molecular complexity index is 637. The molecule has 0 spiro atoms. The molecule has 0 N–H and O–H groups in total. The zero-order valence-corrected chi connectivity index (χ0v) is 14.3. The van der Waals surface area contributed by atoms with Crippen molar-refractivity contribution in [2.45, 2.75) is 38.1 Å². The number of benzene rings is 2. The fourth-order valence-electron chi connectivity index (χ4n) is 3.70. The van der Waals surface area contributed by atoms with E-state index >= 15 is 0 Å². The van der Waals surface area contributed by atoms with E-state index in [0.29, 0.717) is 0 Å². The van der Waals surface area contributed by atoms with Crippen LogP contribution in [0.4, 0.5) is 0 Å². The number of likely N-dealkylation sites (tertiary alicyclic amines) is 1. The van der Waals surface area contributed by atoms with Crippen LogP contribution in [0, 0.1) is 0 Å². The summed E-state index contributed by atoms with van der Waals surface area (Å²) in [6.45, 7) is 1.25. The van der Waals surface area contributed by atoms with Crippen molar-refractivity contribution in [2.24, 2.45) is 0 Å². The Morgan fingerprint density at radius 3 is 2.52 bits per heavy atom. The van der Waals surface area contributed by atoms with Crippen molar-refractivity contribution >= 4 is 0 Å². The molecule has 1 heterocycles. The average molecular weight is 309 g/mol. The Balaban J connectivity index is 1.81. The summed E-state index contributed by atoms with van der Waals surface area (Å²) in [5.74, 6) is 0.953. The molecule has 1 saturated heterocycles. The quantitative estimate of drug-likeness (QED) is 0.788. The van der Waals surface area contributed by atoms with Crippen molar-refractivity contribution in [2.75, 3.05) is 20.7 Å². The third kappa shape index (κ3) is 3.76. The number of rotatable bonds is 5. The Morgan fingerprint density at radius 1 is 1.00 bits per heavy atom. The molecule has 0 saturated carbocycles. The van der Waals surface area contributed by atoms with Gasteiger partial charge in [-0.05, 0) is 56.5 Å². The highest BCUT2D eigenvalue weighted by Gasteiger charge is 2.19. The van der Waals surface area contributed by atoms with Gasteiger partial charge in [-0.1, -0.05) is 48.9 Å². The second-order valence-corrected chi connectivity index (χ2v) is 6.53. The first-order valence-electron chi connectivity index (χ1n) is 8.71. The van der Waals surface area contributed by atoms with E-state index < -0.39 is 0 Å². The van der Waals surface area contributed by atoms with Crippen LogP contribution in [0.1, 0.15) is 31.2 Å². The zero-order valence-electron chi connectivity index (χ0n) is 14.3. The molecule has 2 nitrogen and oxygen atoms in total. The standard InChI is InChI=1S/C21H27NO/c1-22-16-8-7-10-18(22)15-14-17-9-3-4-11-19(17)20-12-5-6-13-21(20)23-2/h3-6,9,11-13,18H,7-8,10,14-16H2,1-2H3. The predicted molar refractivity (Wildman–Crippen MR) is 97.0 cm³/mol. The van der Waals surface area contributed by atoms with E-state index in [-0.39, 0.29) is 0 Å². The molecule has 0 amide bonds. The Kier molecular flexibility index (Phi) is 5.35. The summed E-state index contributed by atoms with van der Waals surface area (Å²) in [7, 11) is 4.02. The monoisotopic (exact) mass is 309 g/mol. The molecule has 0 aliphatic carbocycles. The maximum Gasteiger partial charge on any atom is 0.126 e. The van der Waals surface area contributed by atoms with Crippen molar-refractivity contribution in [1.29, 1.82) is 0 Å². The fraction of sp³-hybridized carbons (Fsp3) is 0.429. The normalized spacial score (nSPS) is 18.8. The van der Waals surface area contributed by atoms with Crippen LogP contribution in [0.3, 0.4) is 0 Å². The number of aryl methyl sites for hydroxylation is 1. The van der Waals surface area contributed by atoms with Crippen LogP contribution >= 0.6 is 0 Å². The summed E-state index contributed by atoms with van der Waals surface area (Å²) in [6, 6.07) is 17.8. The molecule has 1 fully saturated rings. The van der Waals surface area contributed by atoms with Crippen molar-refractivity contribution in [3.05, 3.63) is 54.1 Å². The molecule has 0 bridgehead atoms. The highest BCUT2D eigenvalue weighted by atomic mass is 16.5. The van der Waals surface area contributed by atoms with E-state index in [1.807, 2.05) is 12.1 Å². The van der Waals surface area contributed by atoms with Gasteiger partial charge in [0.2, 0.25) is 0 Å². The van der Waals surface area contributed by atoms with Crippen LogP contribution in [-0.4, -0.2) is 31.6 Å². The number of nitrogens with zero attached hydrogens (tertiary/aromatic N) is 1. The van der Waals surface area contributed by atoms with Crippen LogP contribution < -0.4 is 4.74 Å². The maximum atomic E-state index is 5.56. The van der Waals surface area contributed by atoms with Crippen molar-refractivity contribution < 1.29 is 4.74 Å². The van der Waals surface area contributed by atoms with Gasteiger partial charge in [0.15, 0.2) is 0 Å². The lowest BCUT2D eigenvalue weighted by molar-refractivity contribution is 0.176. The summed E-state index contributed by atoms with van der Waals surface area (Å²) in [4.78, 5) is 2.54. The number of methoxy groups -OCH3 is 1. The van der Waals surface area contributed by atoms with Crippen molar-refractivity contribution in [3.63, 3.8) is 0 Å². The molecule has 1 aliphatic rings. The van der Waals surface area contributed by atoms with Crippen LogP contribution in [-0.2, 0) is 6.42 Å². The summed E-state index contributed by atoms with van der Waals surface area (Å²) in [5, 5.41) is 0. The lowest BCUT2D eigenvalue weighted by Crippen LogP contribution is -2.36. The molecule has 0 aromatic heterocycles. The molecule has 1 atom stereocenters. The molecule has 2 aromatic rings. The highest BCUT2D eigenvalue weighted by Crippen LogP contribution is 2.33. The summed E-state index contributed by atoms with van der Waals surface area (Å²) >= 11 is 0. The third-order valence-electron chi connectivity index (χ3n) is 5.08. The molecular formula is C21H27NO. The zero-order chi connectivity index (χ0) is 16.1. The molecule has 23 heavy (non-hydrogen) atoms. The van der Waals surface area contributed by atoms with Gasteiger partial charge >= 0.3 is 0 Å². The molecule has 1 unspecified atom stereocenters. The SMILES string of the molecule is COc1ccccc1-c1ccccc1CCC1CCCCN1C. The molecule has 2 aromatic carbocycles. The lowest BCUT2D eigenvalue weighted by atomic mass is 9.92. The molecule has 2 heteroatoms. The number of ether oxygens (including phenoxy) is 1. The number of hydrogen-bond acceptors (Lipinski definition) is 2. The van der Waals surface area contributed by atoms with Gasteiger partial charge < -0.3 is 9.64 Å². The van der Waals surface area contributed by atoms with Gasteiger partial charge in [-0.2, -0.15) is 0 Å². The number of para-hydroxylation sites is 1. The first-order chi connectivity index (χ1) is 11.3. The van der Waals surface area contributed by atoms with E-state index in [9.17, 15) is 0 Å². The maximum absolute atomic E-state index is 5.56. The van der Waals surface area contributed by atoms with Crippen molar-refractivity contribution in [3.8, 4) is 16.9 Å². The molecule has 1 aliphatic heterocycles. The van der Waals surface area contributed by atoms with Crippen LogP contribution in [0.5, 0.6) is 5.75 Å². The van der Waals surface area contributed by atoms with Gasteiger partial charge in [0.25, 0.3) is 0 Å².